The maximum absolute atomic E-state index is 14.2. The summed E-state index contributed by atoms with van der Waals surface area (Å²) in [5.41, 5.74) is 0.743. The number of benzene rings is 1. The van der Waals surface area contributed by atoms with Crippen molar-refractivity contribution in [2.24, 2.45) is 0 Å². The molecule has 120 valence electrons. The number of rotatable bonds is 2. The molecule has 0 bridgehead atoms. The number of nitrogens with zero attached hydrogens (tertiary/aromatic N) is 2. The quantitative estimate of drug-likeness (QED) is 0.738. The second-order valence-corrected chi connectivity index (χ2v) is 6.45. The summed E-state index contributed by atoms with van der Waals surface area (Å²) in [7, 11) is 0. The lowest BCUT2D eigenvalue weighted by atomic mass is 10.0. The second-order valence-electron chi connectivity index (χ2n) is 5.20. The van der Waals surface area contributed by atoms with Gasteiger partial charge in [0.1, 0.15) is 17.5 Å². The fourth-order valence-corrected chi connectivity index (χ4v) is 3.13. The highest BCUT2D eigenvalue weighted by atomic mass is 127. The monoisotopic (exact) mass is 429 g/mol. The Hall–Kier alpha value is -1.77. The van der Waals surface area contributed by atoms with Crippen molar-refractivity contribution in [1.82, 2.24) is 4.98 Å². The van der Waals surface area contributed by atoms with Crippen LogP contribution in [0.25, 0.3) is 0 Å². The van der Waals surface area contributed by atoms with Crippen LogP contribution in [0.1, 0.15) is 24.9 Å². The first-order chi connectivity index (χ1) is 11.0. The average Bonchev–Trinajstić information content (AvgIpc) is 2.55. The van der Waals surface area contributed by atoms with Gasteiger partial charge in [0.05, 0.1) is 11.7 Å². The number of halogens is 3. The van der Waals surface area contributed by atoms with E-state index in [0.717, 1.165) is 21.8 Å². The Bertz CT molecular complexity index is 769. The van der Waals surface area contributed by atoms with Gasteiger partial charge in [-0.2, -0.15) is 0 Å². The van der Waals surface area contributed by atoms with Crippen LogP contribution in [0.15, 0.2) is 30.5 Å². The van der Waals surface area contributed by atoms with Gasteiger partial charge in [-0.25, -0.2) is 13.8 Å². The van der Waals surface area contributed by atoms with Crippen LogP contribution in [0.4, 0.5) is 20.3 Å². The highest BCUT2D eigenvalue weighted by Crippen LogP contribution is 2.38. The summed E-state index contributed by atoms with van der Waals surface area (Å²) in [5.74, 6) is -0.656. The van der Waals surface area contributed by atoms with Gasteiger partial charge in [0.15, 0.2) is 0 Å². The smallest absolute Gasteiger partial charge is 0.227 e. The number of hydrogen-bond donors (Lipinski definition) is 1. The largest absolute Gasteiger partial charge is 0.366 e. The van der Waals surface area contributed by atoms with Crippen molar-refractivity contribution in [3.63, 3.8) is 0 Å². The first-order valence-corrected chi connectivity index (χ1v) is 8.25. The standard InChI is InChI=1S/C16H14F2IN3O/c1-2-15(23)22-13-6-10(19)7-20-16(13)21-8-14(22)11-5-9(17)3-4-12(11)18/h3-7,14H,2,8H2,1H3,(H,20,21). The minimum Gasteiger partial charge on any atom is -0.366 e. The minimum absolute atomic E-state index is 0.156. The van der Waals surface area contributed by atoms with E-state index < -0.39 is 17.7 Å². The molecule has 1 aliphatic rings. The zero-order valence-corrected chi connectivity index (χ0v) is 14.5. The lowest BCUT2D eigenvalue weighted by Gasteiger charge is -2.37. The molecule has 1 aliphatic heterocycles. The maximum Gasteiger partial charge on any atom is 0.227 e. The molecule has 1 amide bonds. The van der Waals surface area contributed by atoms with Crippen molar-refractivity contribution in [1.29, 1.82) is 0 Å². The zero-order chi connectivity index (χ0) is 16.6. The molecule has 0 aliphatic carbocycles. The summed E-state index contributed by atoms with van der Waals surface area (Å²) in [6.45, 7) is 2.01. The topological polar surface area (TPSA) is 45.2 Å². The number of nitrogens with one attached hydrogen (secondary N) is 1. The summed E-state index contributed by atoms with van der Waals surface area (Å²) < 4.78 is 28.6. The Morgan fingerprint density at radius 3 is 2.96 bits per heavy atom. The number of anilines is 2. The highest BCUT2D eigenvalue weighted by Gasteiger charge is 2.33. The molecule has 3 rings (SSSR count). The number of carbonyl (C=O) groups excluding carboxylic acids is 1. The van der Waals surface area contributed by atoms with Crippen molar-refractivity contribution in [3.8, 4) is 0 Å². The van der Waals surface area contributed by atoms with Crippen LogP contribution in [-0.4, -0.2) is 17.4 Å². The summed E-state index contributed by atoms with van der Waals surface area (Å²) >= 11 is 2.10. The van der Waals surface area contributed by atoms with E-state index in [0.29, 0.717) is 11.5 Å². The number of fused-ring (bicyclic) bond motifs is 1. The lowest BCUT2D eigenvalue weighted by molar-refractivity contribution is -0.118. The first kappa shape index (κ1) is 16.1. The fourth-order valence-electron chi connectivity index (χ4n) is 2.70. The van der Waals surface area contributed by atoms with Crippen LogP contribution < -0.4 is 10.2 Å². The summed E-state index contributed by atoms with van der Waals surface area (Å²) in [6.07, 6.45) is 1.95. The first-order valence-electron chi connectivity index (χ1n) is 7.17. The minimum atomic E-state index is -0.620. The number of hydrogen-bond acceptors (Lipinski definition) is 3. The van der Waals surface area contributed by atoms with Gasteiger partial charge in [-0.05, 0) is 46.9 Å². The lowest BCUT2D eigenvalue weighted by Crippen LogP contribution is -2.42. The predicted molar refractivity (Wildman–Crippen MR) is 92.3 cm³/mol. The molecule has 1 N–H and O–H groups in total. The maximum atomic E-state index is 14.2. The van der Waals surface area contributed by atoms with E-state index in [-0.39, 0.29) is 24.4 Å². The van der Waals surface area contributed by atoms with Crippen molar-refractivity contribution < 1.29 is 13.6 Å². The van der Waals surface area contributed by atoms with Gasteiger partial charge >= 0.3 is 0 Å². The van der Waals surface area contributed by atoms with Gasteiger partial charge in [0.2, 0.25) is 5.91 Å². The van der Waals surface area contributed by atoms with Crippen molar-refractivity contribution in [2.75, 3.05) is 16.8 Å². The molecular weight excluding hydrogens is 415 g/mol. The van der Waals surface area contributed by atoms with Gasteiger partial charge < -0.3 is 5.32 Å². The number of amides is 1. The fraction of sp³-hybridized carbons (Fsp3) is 0.250. The van der Waals surface area contributed by atoms with E-state index in [4.69, 9.17) is 0 Å². The third-order valence-corrected chi connectivity index (χ3v) is 4.35. The second kappa shape index (κ2) is 6.38. The van der Waals surface area contributed by atoms with Crippen LogP contribution >= 0.6 is 22.6 Å². The predicted octanol–water partition coefficient (Wildman–Crippen LogP) is 3.87. The van der Waals surface area contributed by atoms with Crippen LogP contribution in [0.5, 0.6) is 0 Å². The molecule has 1 aromatic heterocycles. The summed E-state index contributed by atoms with van der Waals surface area (Å²) in [4.78, 5) is 18.3. The highest BCUT2D eigenvalue weighted by molar-refractivity contribution is 14.1. The van der Waals surface area contributed by atoms with Crippen LogP contribution in [0.2, 0.25) is 0 Å². The van der Waals surface area contributed by atoms with E-state index in [1.807, 2.05) is 6.07 Å². The summed E-state index contributed by atoms with van der Waals surface area (Å²) in [6, 6.07) is 4.49. The molecule has 0 fully saturated rings. The van der Waals surface area contributed by atoms with E-state index in [9.17, 15) is 13.6 Å². The molecule has 1 atom stereocenters. The molecule has 0 radical (unpaired) electrons. The van der Waals surface area contributed by atoms with Crippen LogP contribution in [-0.2, 0) is 4.79 Å². The molecule has 1 unspecified atom stereocenters. The average molecular weight is 429 g/mol. The van der Waals surface area contributed by atoms with Crippen LogP contribution in [0.3, 0.4) is 0 Å². The van der Waals surface area contributed by atoms with Gasteiger partial charge in [-0.3, -0.25) is 9.69 Å². The number of aromatic nitrogens is 1. The molecule has 0 saturated heterocycles. The molecule has 7 heteroatoms. The summed E-state index contributed by atoms with van der Waals surface area (Å²) in [5, 5.41) is 3.10. The van der Waals surface area contributed by atoms with Crippen molar-refractivity contribution >= 4 is 40.0 Å². The van der Waals surface area contributed by atoms with Gasteiger partial charge in [-0.1, -0.05) is 6.92 Å². The molecule has 0 spiro atoms. The number of carbonyl (C=O) groups is 1. The Morgan fingerprint density at radius 2 is 2.22 bits per heavy atom. The Balaban J connectivity index is 2.13. The third-order valence-electron chi connectivity index (χ3n) is 3.76. The Labute approximate surface area is 146 Å². The number of pyridine rings is 1. The molecule has 23 heavy (non-hydrogen) atoms. The molecule has 1 aromatic carbocycles. The van der Waals surface area contributed by atoms with E-state index in [1.54, 1.807) is 13.1 Å². The SMILES string of the molecule is CCC(=O)N1c2cc(I)cnc2NCC1c1cc(F)ccc1F. The van der Waals surface area contributed by atoms with E-state index in [1.165, 1.54) is 4.90 Å². The molecule has 2 heterocycles. The Morgan fingerprint density at radius 1 is 1.43 bits per heavy atom. The molecule has 2 aromatic rings. The van der Waals surface area contributed by atoms with Gasteiger partial charge in [0.25, 0.3) is 0 Å². The van der Waals surface area contributed by atoms with Gasteiger partial charge in [-0.15, -0.1) is 0 Å². The van der Waals surface area contributed by atoms with Crippen molar-refractivity contribution in [3.05, 3.63) is 51.2 Å². The van der Waals surface area contributed by atoms with Crippen molar-refractivity contribution in [2.45, 2.75) is 19.4 Å². The third kappa shape index (κ3) is 3.01. The van der Waals surface area contributed by atoms with Crippen LogP contribution in [0, 0.1) is 15.2 Å². The zero-order valence-electron chi connectivity index (χ0n) is 12.3. The van der Waals surface area contributed by atoms with E-state index in [2.05, 4.69) is 32.9 Å². The molecule has 0 saturated carbocycles. The van der Waals surface area contributed by atoms with E-state index >= 15 is 0 Å². The van der Waals surface area contributed by atoms with Gasteiger partial charge in [0, 0.05) is 28.3 Å². The molecular formula is C16H14F2IN3O. The normalized spacial score (nSPS) is 16.7. The Kier molecular flexibility index (Phi) is 4.47. The molecule has 4 nitrogen and oxygen atoms in total.